The Balaban J connectivity index is 1.63. The summed E-state index contributed by atoms with van der Waals surface area (Å²) in [5, 5.41) is 22.8. The predicted octanol–water partition coefficient (Wildman–Crippen LogP) is 5.80. The summed E-state index contributed by atoms with van der Waals surface area (Å²) in [7, 11) is 0. The van der Waals surface area contributed by atoms with Gasteiger partial charge in [0, 0.05) is 19.2 Å². The number of carbonyl (C=O) groups is 1. The van der Waals surface area contributed by atoms with Crippen molar-refractivity contribution in [3.05, 3.63) is 86.1 Å². The van der Waals surface area contributed by atoms with E-state index < -0.39 is 16.9 Å². The third-order valence-corrected chi connectivity index (χ3v) is 8.23. The Morgan fingerprint density at radius 1 is 1.18 bits per heavy atom. The van der Waals surface area contributed by atoms with Gasteiger partial charge in [-0.05, 0) is 62.2 Å². The number of hydrogen-bond donors (Lipinski definition) is 1. The van der Waals surface area contributed by atoms with Gasteiger partial charge in [0.15, 0.2) is 5.17 Å². The van der Waals surface area contributed by atoms with Gasteiger partial charge >= 0.3 is 5.97 Å². The molecule has 0 aliphatic carbocycles. The van der Waals surface area contributed by atoms with E-state index in [-0.39, 0.29) is 22.9 Å². The smallest absolute Gasteiger partial charge is 0.336 e. The Bertz CT molecular complexity index is 1250. The fourth-order valence-corrected chi connectivity index (χ4v) is 6.05. The van der Waals surface area contributed by atoms with E-state index in [2.05, 4.69) is 17.0 Å². The Morgan fingerprint density at radius 3 is 2.60 bits per heavy atom. The third kappa shape index (κ3) is 7.63. The van der Waals surface area contributed by atoms with E-state index in [1.54, 1.807) is 6.07 Å². The normalized spacial score (nSPS) is 18.1. The van der Waals surface area contributed by atoms with Crippen molar-refractivity contribution in [3.8, 4) is 0 Å². The summed E-state index contributed by atoms with van der Waals surface area (Å²) < 4.78 is 5.96. The minimum absolute atomic E-state index is 0.000989. The van der Waals surface area contributed by atoms with Crippen LogP contribution in [0.15, 0.2) is 64.8 Å². The highest BCUT2D eigenvalue weighted by molar-refractivity contribution is 8.13. The van der Waals surface area contributed by atoms with Crippen LogP contribution in [0.4, 0.5) is 5.69 Å². The molecule has 0 spiro atoms. The summed E-state index contributed by atoms with van der Waals surface area (Å²) >= 11 is 7.53. The number of nitro benzene ring substituents is 1. The van der Waals surface area contributed by atoms with E-state index in [0.717, 1.165) is 32.5 Å². The van der Waals surface area contributed by atoms with Crippen LogP contribution >= 0.6 is 23.4 Å². The monoisotopic (exact) mass is 586 g/mol. The van der Waals surface area contributed by atoms with Gasteiger partial charge < -0.3 is 19.6 Å². The van der Waals surface area contributed by atoms with Crippen LogP contribution in [0.25, 0.3) is 0 Å². The van der Waals surface area contributed by atoms with Crippen LogP contribution in [0, 0.1) is 10.1 Å². The van der Waals surface area contributed by atoms with Crippen LogP contribution in [-0.4, -0.2) is 76.6 Å². The Morgan fingerprint density at radius 2 is 1.93 bits per heavy atom. The molecule has 11 heteroatoms. The van der Waals surface area contributed by atoms with Gasteiger partial charge in [-0.2, -0.15) is 0 Å². The molecule has 40 heavy (non-hydrogen) atoms. The number of piperidine rings is 1. The van der Waals surface area contributed by atoms with Crippen molar-refractivity contribution >= 4 is 40.2 Å². The number of halogens is 1. The van der Waals surface area contributed by atoms with E-state index in [0.29, 0.717) is 29.6 Å². The maximum Gasteiger partial charge on any atom is 0.336 e. The number of likely N-dealkylation sites (tertiary alicyclic amines) is 1. The fraction of sp³-hybridized carbons (Fsp3) is 0.448. The molecule has 2 heterocycles. The van der Waals surface area contributed by atoms with Crippen LogP contribution in [0.3, 0.4) is 0 Å². The van der Waals surface area contributed by atoms with E-state index in [9.17, 15) is 20.0 Å². The van der Waals surface area contributed by atoms with Gasteiger partial charge in [-0.3, -0.25) is 10.1 Å². The molecule has 2 aromatic carbocycles. The molecular formula is C29H35ClN4O5S. The van der Waals surface area contributed by atoms with Gasteiger partial charge in [0.25, 0.3) is 5.69 Å². The second-order valence-corrected chi connectivity index (χ2v) is 11.1. The summed E-state index contributed by atoms with van der Waals surface area (Å²) in [6.07, 6.45) is 7.06. The number of hydrogen-bond acceptors (Lipinski definition) is 8. The molecule has 0 bridgehead atoms. The first-order chi connectivity index (χ1) is 19.4. The molecule has 4 rings (SSSR count). The number of thioether (sulfide) groups is 1. The zero-order valence-corrected chi connectivity index (χ0v) is 24.2. The number of amidine groups is 1. The van der Waals surface area contributed by atoms with Crippen molar-refractivity contribution < 1.29 is 19.6 Å². The number of aliphatic carboxylic acids is 1. The number of ether oxygens (including phenoxy) is 1. The average Bonchev–Trinajstić information content (AvgIpc) is 2.96. The Labute approximate surface area is 244 Å². The molecule has 0 saturated carbocycles. The van der Waals surface area contributed by atoms with Crippen LogP contribution in [0.5, 0.6) is 0 Å². The molecule has 0 radical (unpaired) electrons. The van der Waals surface area contributed by atoms with Crippen LogP contribution < -0.4 is 0 Å². The van der Waals surface area contributed by atoms with E-state index in [4.69, 9.17) is 21.3 Å². The first-order valence-electron chi connectivity index (χ1n) is 13.5. The van der Waals surface area contributed by atoms with Crippen molar-refractivity contribution in [1.29, 1.82) is 0 Å². The van der Waals surface area contributed by atoms with Gasteiger partial charge in [0.1, 0.15) is 5.02 Å². The second-order valence-electron chi connectivity index (χ2n) is 9.87. The van der Waals surface area contributed by atoms with E-state index in [1.807, 2.05) is 29.4 Å². The second kappa shape index (κ2) is 14.6. The first-order valence-corrected chi connectivity index (χ1v) is 15.1. The van der Waals surface area contributed by atoms with Crippen molar-refractivity contribution in [2.75, 3.05) is 45.6 Å². The number of benzene rings is 2. The van der Waals surface area contributed by atoms with Crippen molar-refractivity contribution in [2.24, 2.45) is 4.99 Å². The minimum Gasteiger partial charge on any atom is -0.478 e. The van der Waals surface area contributed by atoms with Crippen LogP contribution in [-0.2, 0) is 16.0 Å². The number of aryl methyl sites for hydroxylation is 1. The average molecular weight is 587 g/mol. The SMILES string of the molecule is CSC1=NC(COCCN2CCCCC2)=C(C(=O)O)C(c2ccc(Cl)c([N+](=O)[O-])c2)N1CCCc1ccccc1. The van der Waals surface area contributed by atoms with Crippen molar-refractivity contribution in [3.63, 3.8) is 0 Å². The van der Waals surface area contributed by atoms with E-state index in [1.165, 1.54) is 48.7 Å². The largest absolute Gasteiger partial charge is 0.478 e. The standard InChI is InChI=1S/C29H35ClN4O5S/c1-40-29-31-24(20-39-18-17-32-14-6-3-7-15-32)26(28(35)36)27(22-12-13-23(30)25(19-22)34(37)38)33(29)16-8-11-21-9-4-2-5-10-21/h2,4-5,9-10,12-13,19,27H,3,6-8,11,14-18,20H2,1H3,(H,35,36). The summed E-state index contributed by atoms with van der Waals surface area (Å²) in [5.74, 6) is -1.13. The van der Waals surface area contributed by atoms with Gasteiger partial charge in [-0.25, -0.2) is 9.79 Å². The molecular weight excluding hydrogens is 552 g/mol. The number of aliphatic imine (C=N–C) groups is 1. The molecule has 1 unspecified atom stereocenters. The van der Waals surface area contributed by atoms with Gasteiger partial charge in [-0.15, -0.1) is 0 Å². The van der Waals surface area contributed by atoms with Gasteiger partial charge in [0.2, 0.25) is 0 Å². The van der Waals surface area contributed by atoms with Crippen LogP contribution in [0.2, 0.25) is 5.02 Å². The molecule has 2 aliphatic rings. The van der Waals surface area contributed by atoms with Gasteiger partial charge in [-0.1, -0.05) is 66.2 Å². The summed E-state index contributed by atoms with van der Waals surface area (Å²) in [5.41, 5.74) is 1.78. The Hall–Kier alpha value is -2.92. The molecule has 0 amide bonds. The minimum atomic E-state index is -1.13. The highest BCUT2D eigenvalue weighted by Crippen LogP contribution is 2.40. The number of nitrogens with zero attached hydrogens (tertiary/aromatic N) is 4. The molecule has 0 aromatic heterocycles. The summed E-state index contributed by atoms with van der Waals surface area (Å²) in [6.45, 7) is 3.91. The molecule has 1 atom stereocenters. The lowest BCUT2D eigenvalue weighted by Crippen LogP contribution is -2.40. The molecule has 2 aromatic rings. The maximum absolute atomic E-state index is 12.8. The fourth-order valence-electron chi connectivity index (χ4n) is 5.23. The lowest BCUT2D eigenvalue weighted by molar-refractivity contribution is -0.384. The Kier molecular flexibility index (Phi) is 11.0. The molecule has 9 nitrogen and oxygen atoms in total. The number of rotatable bonds is 12. The lowest BCUT2D eigenvalue weighted by Gasteiger charge is -2.38. The van der Waals surface area contributed by atoms with Crippen LogP contribution in [0.1, 0.15) is 42.9 Å². The molecule has 1 N–H and O–H groups in total. The van der Waals surface area contributed by atoms with Crippen molar-refractivity contribution in [1.82, 2.24) is 9.80 Å². The predicted molar refractivity (Wildman–Crippen MR) is 159 cm³/mol. The van der Waals surface area contributed by atoms with Crippen molar-refractivity contribution in [2.45, 2.75) is 38.1 Å². The zero-order valence-electron chi connectivity index (χ0n) is 22.6. The third-order valence-electron chi connectivity index (χ3n) is 7.21. The molecule has 1 saturated heterocycles. The topological polar surface area (TPSA) is 109 Å². The highest BCUT2D eigenvalue weighted by atomic mass is 35.5. The summed E-state index contributed by atoms with van der Waals surface area (Å²) in [6, 6.07) is 13.8. The molecule has 214 valence electrons. The zero-order chi connectivity index (χ0) is 28.5. The highest BCUT2D eigenvalue weighted by Gasteiger charge is 2.37. The van der Waals surface area contributed by atoms with E-state index >= 15 is 0 Å². The molecule has 1 fully saturated rings. The molecule has 2 aliphatic heterocycles. The number of nitro groups is 1. The maximum atomic E-state index is 12.8. The quantitative estimate of drug-likeness (QED) is 0.189. The number of carboxylic acid groups (broad SMARTS) is 1. The summed E-state index contributed by atoms with van der Waals surface area (Å²) in [4.78, 5) is 33.0. The first kappa shape index (κ1) is 30.0. The lowest BCUT2D eigenvalue weighted by atomic mass is 9.93. The van der Waals surface area contributed by atoms with Gasteiger partial charge in [0.05, 0.1) is 35.4 Å². The number of carboxylic acids is 1.